The lowest BCUT2D eigenvalue weighted by Gasteiger charge is -2.25. The van der Waals surface area contributed by atoms with Crippen LogP contribution in [0.15, 0.2) is 24.4 Å². The maximum absolute atomic E-state index is 13.0. The Morgan fingerprint density at radius 2 is 2.10 bits per heavy atom. The molecule has 30 heavy (non-hydrogen) atoms. The summed E-state index contributed by atoms with van der Waals surface area (Å²) in [7, 11) is 2.96. The van der Waals surface area contributed by atoms with Gasteiger partial charge >= 0.3 is 17.8 Å². The van der Waals surface area contributed by atoms with Gasteiger partial charge in [0.25, 0.3) is 0 Å². The Morgan fingerprint density at radius 1 is 1.30 bits per heavy atom. The fraction of sp³-hybridized carbons (Fsp3) is 0.368. The minimum absolute atomic E-state index is 0.330. The number of aromatic nitrogens is 1. The Balaban J connectivity index is 1.61. The maximum Gasteiger partial charge on any atom is 0.328 e. The Kier molecular flexibility index (Phi) is 5.29. The number of anilines is 2. The molecule has 0 bridgehead atoms. The molecule has 4 rings (SSSR count). The zero-order valence-electron chi connectivity index (χ0n) is 16.4. The number of nitrogens with zero attached hydrogens (tertiary/aromatic N) is 3. The van der Waals surface area contributed by atoms with E-state index in [1.165, 1.54) is 30.4 Å². The molecule has 1 aromatic carbocycles. The molecule has 158 valence electrons. The van der Waals surface area contributed by atoms with Crippen molar-refractivity contribution >= 4 is 51.6 Å². The van der Waals surface area contributed by atoms with E-state index >= 15 is 0 Å². The van der Waals surface area contributed by atoms with Crippen LogP contribution in [0.25, 0.3) is 0 Å². The Hall–Kier alpha value is -2.85. The van der Waals surface area contributed by atoms with Crippen LogP contribution in [-0.4, -0.2) is 61.5 Å². The molecule has 1 unspecified atom stereocenters. The molecule has 0 radical (unpaired) electrons. The number of rotatable bonds is 2. The van der Waals surface area contributed by atoms with Crippen molar-refractivity contribution in [1.82, 2.24) is 15.2 Å². The van der Waals surface area contributed by atoms with Gasteiger partial charge in [-0.3, -0.25) is 19.8 Å². The molecule has 1 saturated heterocycles. The number of urea groups is 1. The molecule has 1 aromatic heterocycles. The molecule has 9 nitrogen and oxygen atoms in total. The topological polar surface area (TPSA) is 104 Å². The Bertz CT molecular complexity index is 1030. The van der Waals surface area contributed by atoms with Gasteiger partial charge in [-0.2, -0.15) is 0 Å². The van der Waals surface area contributed by atoms with Crippen LogP contribution in [0.3, 0.4) is 0 Å². The highest BCUT2D eigenvalue weighted by atomic mass is 35.5. The first kappa shape index (κ1) is 20.4. The van der Waals surface area contributed by atoms with E-state index in [1.54, 1.807) is 23.2 Å². The first-order valence-electron chi connectivity index (χ1n) is 9.26. The largest absolute Gasteiger partial charge is 0.486 e. The van der Waals surface area contributed by atoms with E-state index in [2.05, 4.69) is 15.6 Å². The van der Waals surface area contributed by atoms with Crippen LogP contribution in [0.5, 0.6) is 5.06 Å². The van der Waals surface area contributed by atoms with Gasteiger partial charge in [0.15, 0.2) is 10.2 Å². The SMILES string of the molecule is CNC(=O)C(=O)N1CCC2(C1)CN(C(=O)Nc1ncc(OC)s1)c1ccc(Cl)cc12. The number of halogens is 1. The van der Waals surface area contributed by atoms with E-state index in [-0.39, 0.29) is 6.03 Å². The van der Waals surface area contributed by atoms with Crippen molar-refractivity contribution in [2.45, 2.75) is 11.8 Å². The second kappa shape index (κ2) is 7.77. The third kappa shape index (κ3) is 3.46. The molecule has 2 aliphatic heterocycles. The fourth-order valence-electron chi connectivity index (χ4n) is 4.04. The van der Waals surface area contributed by atoms with Gasteiger partial charge in [0, 0.05) is 42.8 Å². The van der Waals surface area contributed by atoms with Crippen molar-refractivity contribution in [3.8, 4) is 5.06 Å². The number of fused-ring (bicyclic) bond motifs is 2. The van der Waals surface area contributed by atoms with Gasteiger partial charge in [0.2, 0.25) is 0 Å². The minimum atomic E-state index is -0.649. The average Bonchev–Trinajstić information content (AvgIpc) is 3.45. The van der Waals surface area contributed by atoms with E-state index in [1.807, 2.05) is 6.07 Å². The number of likely N-dealkylation sites (N-methyl/N-ethyl adjacent to an activating group) is 1. The van der Waals surface area contributed by atoms with Crippen LogP contribution in [-0.2, 0) is 15.0 Å². The predicted octanol–water partition coefficient (Wildman–Crippen LogP) is 2.07. The zero-order valence-corrected chi connectivity index (χ0v) is 18.0. The molecule has 0 aliphatic carbocycles. The lowest BCUT2D eigenvalue weighted by Crippen LogP contribution is -2.44. The third-order valence-corrected chi connectivity index (χ3v) is 6.60. The first-order chi connectivity index (χ1) is 14.4. The molecular weight excluding hydrogens is 430 g/mol. The monoisotopic (exact) mass is 449 g/mol. The van der Waals surface area contributed by atoms with E-state index in [0.29, 0.717) is 41.3 Å². The third-order valence-electron chi connectivity index (χ3n) is 5.49. The van der Waals surface area contributed by atoms with Gasteiger partial charge < -0.3 is 15.0 Å². The minimum Gasteiger partial charge on any atom is -0.486 e. The molecular formula is C19H20ClN5O4S. The highest BCUT2D eigenvalue weighted by Gasteiger charge is 2.50. The number of hydrogen-bond donors (Lipinski definition) is 2. The summed E-state index contributed by atoms with van der Waals surface area (Å²) in [5, 5.41) is 6.74. The molecule has 2 N–H and O–H groups in total. The van der Waals surface area contributed by atoms with Crippen molar-refractivity contribution in [1.29, 1.82) is 0 Å². The molecule has 11 heteroatoms. The van der Waals surface area contributed by atoms with Crippen molar-refractivity contribution < 1.29 is 19.1 Å². The molecule has 1 spiro atoms. The highest BCUT2D eigenvalue weighted by Crippen LogP contribution is 2.47. The summed E-state index contributed by atoms with van der Waals surface area (Å²) in [6, 6.07) is 5.04. The van der Waals surface area contributed by atoms with Crippen molar-refractivity contribution in [3.05, 3.63) is 35.0 Å². The predicted molar refractivity (Wildman–Crippen MR) is 113 cm³/mol. The number of likely N-dealkylation sites (tertiary alicyclic amines) is 1. The van der Waals surface area contributed by atoms with E-state index in [9.17, 15) is 14.4 Å². The van der Waals surface area contributed by atoms with Gasteiger partial charge in [-0.15, -0.1) is 0 Å². The van der Waals surface area contributed by atoms with Crippen molar-refractivity contribution in [3.63, 3.8) is 0 Å². The second-order valence-electron chi connectivity index (χ2n) is 7.20. The summed E-state index contributed by atoms with van der Waals surface area (Å²) in [4.78, 5) is 44.5. The molecule has 4 amide bonds. The zero-order chi connectivity index (χ0) is 21.5. The number of carbonyl (C=O) groups is 3. The van der Waals surface area contributed by atoms with Gasteiger partial charge in [0.05, 0.1) is 13.3 Å². The lowest BCUT2D eigenvalue weighted by molar-refractivity contribution is -0.145. The summed E-state index contributed by atoms with van der Waals surface area (Å²) in [6.45, 7) is 1.13. The normalized spacial score (nSPS) is 19.7. The molecule has 0 saturated carbocycles. The van der Waals surface area contributed by atoms with Crippen LogP contribution in [0.1, 0.15) is 12.0 Å². The average molecular weight is 450 g/mol. The van der Waals surface area contributed by atoms with Gasteiger partial charge in [-0.25, -0.2) is 9.78 Å². The molecule has 3 heterocycles. The van der Waals surface area contributed by atoms with E-state index in [0.717, 1.165) is 11.3 Å². The van der Waals surface area contributed by atoms with Crippen LogP contribution in [0.4, 0.5) is 15.6 Å². The number of amides is 4. The maximum atomic E-state index is 13.0. The van der Waals surface area contributed by atoms with Crippen LogP contribution < -0.4 is 20.3 Å². The van der Waals surface area contributed by atoms with E-state index in [4.69, 9.17) is 16.3 Å². The fourth-order valence-corrected chi connectivity index (χ4v) is 4.83. The number of carbonyl (C=O) groups excluding carboxylic acids is 3. The van der Waals surface area contributed by atoms with Crippen LogP contribution in [0, 0.1) is 0 Å². The van der Waals surface area contributed by atoms with Crippen molar-refractivity contribution in [2.75, 3.05) is 44.0 Å². The first-order valence-corrected chi connectivity index (χ1v) is 10.5. The Labute approximate surface area is 182 Å². The van der Waals surface area contributed by atoms with Crippen LogP contribution >= 0.6 is 22.9 Å². The van der Waals surface area contributed by atoms with Gasteiger partial charge in [0.1, 0.15) is 0 Å². The molecule has 1 atom stereocenters. The number of benzene rings is 1. The summed E-state index contributed by atoms with van der Waals surface area (Å²) < 4.78 is 5.12. The standard InChI is InChI=1S/C19H20ClN5O4S/c1-21-15(26)16(27)24-6-5-19(9-24)10-25(13-4-3-11(20)7-12(13)19)18(28)23-17-22-8-14(29-2)30-17/h3-4,7-8H,5-6,9-10H2,1-2H3,(H,21,26)(H,22,23,28). The lowest BCUT2D eigenvalue weighted by atomic mass is 9.81. The summed E-state index contributed by atoms with van der Waals surface area (Å²) in [5.41, 5.74) is 1.14. The number of hydrogen-bond acceptors (Lipinski definition) is 6. The molecule has 1 fully saturated rings. The van der Waals surface area contributed by atoms with Crippen LogP contribution in [0.2, 0.25) is 5.02 Å². The summed E-state index contributed by atoms with van der Waals surface area (Å²) >= 11 is 7.47. The smallest absolute Gasteiger partial charge is 0.328 e. The van der Waals surface area contributed by atoms with Gasteiger partial charge in [-0.1, -0.05) is 22.9 Å². The Morgan fingerprint density at radius 3 is 2.80 bits per heavy atom. The number of nitrogens with one attached hydrogen (secondary N) is 2. The quantitative estimate of drug-likeness (QED) is 0.683. The van der Waals surface area contributed by atoms with Crippen molar-refractivity contribution in [2.24, 2.45) is 0 Å². The number of ether oxygens (including phenoxy) is 1. The number of thiazole rings is 1. The van der Waals surface area contributed by atoms with E-state index < -0.39 is 17.2 Å². The highest BCUT2D eigenvalue weighted by molar-refractivity contribution is 7.17. The second-order valence-corrected chi connectivity index (χ2v) is 8.63. The van der Waals surface area contributed by atoms with Gasteiger partial charge in [-0.05, 0) is 30.2 Å². The molecule has 2 aromatic rings. The molecule has 2 aliphatic rings. The summed E-state index contributed by atoms with van der Waals surface area (Å²) in [6.07, 6.45) is 2.16. The number of methoxy groups -OCH3 is 1. The summed E-state index contributed by atoms with van der Waals surface area (Å²) in [5.74, 6) is -1.22.